The van der Waals surface area contributed by atoms with Crippen LogP contribution in [0.4, 0.5) is 0 Å². The largest absolute Gasteiger partial charge is 0.342 e. The van der Waals surface area contributed by atoms with E-state index in [1.165, 1.54) is 32.1 Å². The molecule has 1 amide bonds. The van der Waals surface area contributed by atoms with Crippen molar-refractivity contribution in [2.75, 3.05) is 19.6 Å². The predicted octanol–water partition coefficient (Wildman–Crippen LogP) is 1.78. The van der Waals surface area contributed by atoms with Crippen LogP contribution in [0.1, 0.15) is 46.0 Å². The summed E-state index contributed by atoms with van der Waals surface area (Å²) in [5.74, 6) is 0.241. The first-order valence-electron chi connectivity index (χ1n) is 6.29. The van der Waals surface area contributed by atoms with Gasteiger partial charge in [0.25, 0.3) is 0 Å². The average molecular weight is 212 g/mol. The summed E-state index contributed by atoms with van der Waals surface area (Å²) in [4.78, 5) is 13.6. The third-order valence-corrected chi connectivity index (χ3v) is 3.26. The second-order valence-corrected chi connectivity index (χ2v) is 4.28. The highest BCUT2D eigenvalue weighted by atomic mass is 16.2. The summed E-state index contributed by atoms with van der Waals surface area (Å²) in [5, 5.41) is 3.38. The van der Waals surface area contributed by atoms with Gasteiger partial charge in [-0.15, -0.1) is 0 Å². The van der Waals surface area contributed by atoms with E-state index in [4.69, 9.17) is 0 Å². The summed E-state index contributed by atoms with van der Waals surface area (Å²) in [7, 11) is 0. The Labute approximate surface area is 93.2 Å². The van der Waals surface area contributed by atoms with Gasteiger partial charge in [-0.3, -0.25) is 4.79 Å². The van der Waals surface area contributed by atoms with Crippen LogP contribution in [0.15, 0.2) is 0 Å². The fraction of sp³-hybridized carbons (Fsp3) is 0.917. The van der Waals surface area contributed by atoms with Gasteiger partial charge in [0.05, 0.1) is 6.54 Å². The van der Waals surface area contributed by atoms with Crippen molar-refractivity contribution in [3.05, 3.63) is 0 Å². The molecule has 0 aromatic carbocycles. The molecule has 0 aromatic rings. The van der Waals surface area contributed by atoms with Crippen LogP contribution < -0.4 is 5.32 Å². The monoisotopic (exact) mass is 212 g/mol. The highest BCUT2D eigenvalue weighted by Gasteiger charge is 2.15. The van der Waals surface area contributed by atoms with Gasteiger partial charge in [-0.1, -0.05) is 19.3 Å². The summed E-state index contributed by atoms with van der Waals surface area (Å²) in [6.45, 7) is 6.22. The molecule has 3 nitrogen and oxygen atoms in total. The second-order valence-electron chi connectivity index (χ2n) is 4.28. The Morgan fingerprint density at radius 3 is 2.33 bits per heavy atom. The van der Waals surface area contributed by atoms with E-state index in [2.05, 4.69) is 5.32 Å². The Bertz CT molecular complexity index is 184. The molecule has 0 unspecified atom stereocenters. The Kier molecular flexibility index (Phi) is 5.69. The lowest BCUT2D eigenvalue weighted by molar-refractivity contribution is -0.130. The van der Waals surface area contributed by atoms with Crippen LogP contribution in [-0.2, 0) is 4.79 Å². The zero-order valence-electron chi connectivity index (χ0n) is 10.1. The fourth-order valence-corrected chi connectivity index (χ4v) is 2.23. The van der Waals surface area contributed by atoms with E-state index in [0.717, 1.165) is 13.1 Å². The third-order valence-electron chi connectivity index (χ3n) is 3.26. The van der Waals surface area contributed by atoms with E-state index in [1.807, 2.05) is 18.7 Å². The minimum atomic E-state index is 0.241. The quantitative estimate of drug-likeness (QED) is 0.753. The average Bonchev–Trinajstić information content (AvgIpc) is 2.29. The molecule has 0 aromatic heterocycles. The van der Waals surface area contributed by atoms with Crippen molar-refractivity contribution in [1.29, 1.82) is 0 Å². The number of hydrogen-bond acceptors (Lipinski definition) is 2. The third kappa shape index (κ3) is 4.20. The molecule has 0 atom stereocenters. The number of likely N-dealkylation sites (N-methyl/N-ethyl adjacent to an activating group) is 1. The molecule has 1 saturated carbocycles. The fourth-order valence-electron chi connectivity index (χ4n) is 2.23. The summed E-state index contributed by atoms with van der Waals surface area (Å²) >= 11 is 0. The zero-order chi connectivity index (χ0) is 11.1. The molecule has 1 aliphatic carbocycles. The SMILES string of the molecule is CCN(CC)C(=O)CNC1CCCCC1. The Balaban J connectivity index is 2.20. The molecular formula is C12H24N2O. The topological polar surface area (TPSA) is 32.3 Å². The number of amides is 1. The summed E-state index contributed by atoms with van der Waals surface area (Å²) in [5.41, 5.74) is 0. The number of carbonyl (C=O) groups excluding carboxylic acids is 1. The second kappa shape index (κ2) is 6.83. The van der Waals surface area contributed by atoms with E-state index in [0.29, 0.717) is 12.6 Å². The van der Waals surface area contributed by atoms with Crippen molar-refractivity contribution < 1.29 is 4.79 Å². The Hall–Kier alpha value is -0.570. The van der Waals surface area contributed by atoms with Crippen molar-refractivity contribution in [1.82, 2.24) is 10.2 Å². The molecule has 0 heterocycles. The van der Waals surface area contributed by atoms with Crippen LogP contribution in [0, 0.1) is 0 Å². The number of nitrogens with zero attached hydrogens (tertiary/aromatic N) is 1. The molecule has 1 rings (SSSR count). The molecular weight excluding hydrogens is 188 g/mol. The summed E-state index contributed by atoms with van der Waals surface area (Å²) < 4.78 is 0. The van der Waals surface area contributed by atoms with Gasteiger partial charge in [0.1, 0.15) is 0 Å². The number of nitrogens with one attached hydrogen (secondary N) is 1. The minimum absolute atomic E-state index is 0.241. The molecule has 0 radical (unpaired) electrons. The van der Waals surface area contributed by atoms with E-state index in [-0.39, 0.29) is 5.91 Å². The smallest absolute Gasteiger partial charge is 0.236 e. The Morgan fingerprint density at radius 2 is 1.80 bits per heavy atom. The first-order chi connectivity index (χ1) is 7.27. The van der Waals surface area contributed by atoms with Gasteiger partial charge >= 0.3 is 0 Å². The minimum Gasteiger partial charge on any atom is -0.342 e. The molecule has 1 N–H and O–H groups in total. The maximum atomic E-state index is 11.7. The molecule has 0 bridgehead atoms. The molecule has 0 aliphatic heterocycles. The number of rotatable bonds is 5. The van der Waals surface area contributed by atoms with Gasteiger partial charge in [-0.05, 0) is 26.7 Å². The lowest BCUT2D eigenvalue weighted by atomic mass is 9.95. The lowest BCUT2D eigenvalue weighted by Crippen LogP contribution is -2.42. The molecule has 1 aliphatic rings. The number of carbonyl (C=O) groups is 1. The molecule has 88 valence electrons. The lowest BCUT2D eigenvalue weighted by Gasteiger charge is -2.25. The van der Waals surface area contributed by atoms with Crippen LogP contribution in [0.5, 0.6) is 0 Å². The van der Waals surface area contributed by atoms with Crippen LogP contribution in [0.3, 0.4) is 0 Å². The predicted molar refractivity (Wildman–Crippen MR) is 62.8 cm³/mol. The standard InChI is InChI=1S/C12H24N2O/c1-3-14(4-2)12(15)10-13-11-8-6-5-7-9-11/h11,13H,3-10H2,1-2H3. The van der Waals surface area contributed by atoms with Gasteiger partial charge in [0, 0.05) is 19.1 Å². The van der Waals surface area contributed by atoms with Crippen LogP contribution in [0.2, 0.25) is 0 Å². The van der Waals surface area contributed by atoms with Crippen LogP contribution >= 0.6 is 0 Å². The van der Waals surface area contributed by atoms with Crippen LogP contribution in [0.25, 0.3) is 0 Å². The van der Waals surface area contributed by atoms with Crippen molar-refractivity contribution >= 4 is 5.91 Å². The van der Waals surface area contributed by atoms with Gasteiger partial charge < -0.3 is 10.2 Å². The normalized spacial score (nSPS) is 17.7. The van der Waals surface area contributed by atoms with Gasteiger partial charge in [-0.2, -0.15) is 0 Å². The van der Waals surface area contributed by atoms with Crippen molar-refractivity contribution in [3.8, 4) is 0 Å². The summed E-state index contributed by atoms with van der Waals surface area (Å²) in [6.07, 6.45) is 6.48. The molecule has 3 heteroatoms. The van der Waals surface area contributed by atoms with E-state index >= 15 is 0 Å². The van der Waals surface area contributed by atoms with Gasteiger partial charge in [-0.25, -0.2) is 0 Å². The molecule has 15 heavy (non-hydrogen) atoms. The first-order valence-corrected chi connectivity index (χ1v) is 6.29. The highest BCUT2D eigenvalue weighted by molar-refractivity contribution is 5.78. The van der Waals surface area contributed by atoms with Gasteiger partial charge in [0.2, 0.25) is 5.91 Å². The molecule has 0 spiro atoms. The Morgan fingerprint density at radius 1 is 1.20 bits per heavy atom. The first kappa shape index (κ1) is 12.5. The maximum absolute atomic E-state index is 11.7. The van der Waals surface area contributed by atoms with E-state index in [1.54, 1.807) is 0 Å². The molecule has 1 fully saturated rings. The highest BCUT2D eigenvalue weighted by Crippen LogP contribution is 2.17. The summed E-state index contributed by atoms with van der Waals surface area (Å²) in [6, 6.07) is 0.582. The zero-order valence-corrected chi connectivity index (χ0v) is 10.1. The van der Waals surface area contributed by atoms with E-state index in [9.17, 15) is 4.79 Å². The van der Waals surface area contributed by atoms with Gasteiger partial charge in [0.15, 0.2) is 0 Å². The van der Waals surface area contributed by atoms with E-state index < -0.39 is 0 Å². The number of hydrogen-bond donors (Lipinski definition) is 1. The van der Waals surface area contributed by atoms with Crippen molar-refractivity contribution in [2.45, 2.75) is 52.0 Å². The molecule has 0 saturated heterocycles. The van der Waals surface area contributed by atoms with Crippen molar-refractivity contribution in [2.24, 2.45) is 0 Å². The van der Waals surface area contributed by atoms with Crippen LogP contribution in [-0.4, -0.2) is 36.5 Å². The maximum Gasteiger partial charge on any atom is 0.236 e. The van der Waals surface area contributed by atoms with Crippen molar-refractivity contribution in [3.63, 3.8) is 0 Å².